The molecule has 1 aliphatic heterocycles. The van der Waals surface area contributed by atoms with Gasteiger partial charge in [0.15, 0.2) is 6.61 Å². The Balaban J connectivity index is 2.10. The summed E-state index contributed by atoms with van der Waals surface area (Å²) in [6.07, 6.45) is 3.28. The quantitative estimate of drug-likeness (QED) is 0.460. The normalized spacial score (nSPS) is 14.9. The molecule has 1 fully saturated rings. The van der Waals surface area contributed by atoms with E-state index in [-0.39, 0.29) is 5.69 Å². The summed E-state index contributed by atoms with van der Waals surface area (Å²) >= 11 is 0. The molecule has 1 amide bonds. The van der Waals surface area contributed by atoms with Gasteiger partial charge in [-0.1, -0.05) is 18.2 Å². The van der Waals surface area contributed by atoms with Crippen LogP contribution in [0.25, 0.3) is 0 Å². The molecule has 8 heteroatoms. The zero-order valence-corrected chi connectivity index (χ0v) is 14.9. The summed E-state index contributed by atoms with van der Waals surface area (Å²) in [5, 5.41) is 2.43. The summed E-state index contributed by atoms with van der Waals surface area (Å²) in [5.41, 5.74) is -0.280. The topological polar surface area (TPSA) is 58.6 Å². The summed E-state index contributed by atoms with van der Waals surface area (Å²) in [7, 11) is 0. The molecule has 0 saturated carbocycles. The molecule has 0 aromatic heterocycles. The Kier molecular flexibility index (Phi) is 7.04. The lowest BCUT2D eigenvalue weighted by atomic mass is 10.1. The minimum Gasteiger partial charge on any atom is -0.452 e. The molecule has 0 aliphatic carbocycles. The van der Waals surface area contributed by atoms with Crippen LogP contribution in [0, 0.1) is 0 Å². The Morgan fingerprint density at radius 3 is 2.56 bits per heavy atom. The molecule has 0 atom stereocenters. The molecule has 1 saturated heterocycles. The maximum atomic E-state index is 13.0. The van der Waals surface area contributed by atoms with E-state index in [1.807, 2.05) is 4.90 Å². The largest absolute Gasteiger partial charge is 0.452 e. The summed E-state index contributed by atoms with van der Waals surface area (Å²) in [4.78, 5) is 25.4. The Labute approximate surface area is 155 Å². The number of nitrogens with zero attached hydrogens (tertiary/aromatic N) is 1. The molecule has 1 aliphatic rings. The fraction of sp³-hybridized carbons (Fsp3) is 0.368. The van der Waals surface area contributed by atoms with Crippen LogP contribution >= 0.6 is 0 Å². The maximum absolute atomic E-state index is 13.0. The minimum absolute atomic E-state index is 0.0530. The van der Waals surface area contributed by atoms with Gasteiger partial charge in [0.1, 0.15) is 0 Å². The fourth-order valence-electron chi connectivity index (χ4n) is 2.66. The fourth-order valence-corrected chi connectivity index (χ4v) is 2.66. The number of anilines is 2. The second-order valence-corrected chi connectivity index (χ2v) is 5.96. The van der Waals surface area contributed by atoms with E-state index in [0.717, 1.165) is 31.1 Å². The summed E-state index contributed by atoms with van der Waals surface area (Å²) in [5.74, 6) is -1.42. The Morgan fingerprint density at radius 2 is 1.93 bits per heavy atom. The summed E-state index contributed by atoms with van der Waals surface area (Å²) in [6.45, 7) is 2.60. The average Bonchev–Trinajstić information content (AvgIpc) is 3.14. The molecule has 27 heavy (non-hydrogen) atoms. The van der Waals surface area contributed by atoms with Crippen molar-refractivity contribution in [1.29, 1.82) is 0 Å². The van der Waals surface area contributed by atoms with Gasteiger partial charge in [0.05, 0.1) is 16.9 Å². The maximum Gasteiger partial charge on any atom is 0.416 e. The predicted molar refractivity (Wildman–Crippen MR) is 96.4 cm³/mol. The first-order valence-electron chi connectivity index (χ1n) is 8.53. The molecule has 0 radical (unpaired) electrons. The number of rotatable bonds is 6. The van der Waals surface area contributed by atoms with Crippen LogP contribution in [0.3, 0.4) is 0 Å². The highest BCUT2D eigenvalue weighted by atomic mass is 19.4. The number of esters is 1. The van der Waals surface area contributed by atoms with Crippen LogP contribution in [0.1, 0.15) is 25.3 Å². The molecule has 1 aromatic carbocycles. The van der Waals surface area contributed by atoms with Crippen LogP contribution in [-0.4, -0.2) is 31.6 Å². The van der Waals surface area contributed by atoms with Crippen molar-refractivity contribution in [3.05, 3.63) is 48.1 Å². The van der Waals surface area contributed by atoms with Gasteiger partial charge in [-0.15, -0.1) is 0 Å². The van der Waals surface area contributed by atoms with Gasteiger partial charge in [-0.25, -0.2) is 4.79 Å². The van der Waals surface area contributed by atoms with Crippen LogP contribution in [0.15, 0.2) is 42.5 Å². The monoisotopic (exact) mass is 382 g/mol. The van der Waals surface area contributed by atoms with Crippen LogP contribution in [0.5, 0.6) is 0 Å². The van der Waals surface area contributed by atoms with Crippen LogP contribution in [0.4, 0.5) is 24.5 Å². The van der Waals surface area contributed by atoms with Crippen molar-refractivity contribution >= 4 is 23.3 Å². The van der Waals surface area contributed by atoms with Crippen LogP contribution in [-0.2, 0) is 20.5 Å². The number of carbonyl (C=O) groups excluding carboxylic acids is 2. The number of hydrogen-bond acceptors (Lipinski definition) is 4. The number of hydrogen-bond donors (Lipinski definition) is 1. The van der Waals surface area contributed by atoms with Crippen molar-refractivity contribution in [2.24, 2.45) is 0 Å². The second-order valence-electron chi connectivity index (χ2n) is 5.96. The molecule has 5 nitrogen and oxygen atoms in total. The van der Waals surface area contributed by atoms with E-state index in [1.165, 1.54) is 12.1 Å². The van der Waals surface area contributed by atoms with Gasteiger partial charge in [-0.05, 0) is 38.0 Å². The van der Waals surface area contributed by atoms with Crippen molar-refractivity contribution in [3.63, 3.8) is 0 Å². The van der Waals surface area contributed by atoms with Gasteiger partial charge in [-0.2, -0.15) is 13.2 Å². The number of allylic oxidation sites excluding steroid dienone is 3. The molecule has 0 spiro atoms. The Morgan fingerprint density at radius 1 is 1.22 bits per heavy atom. The van der Waals surface area contributed by atoms with E-state index in [9.17, 15) is 22.8 Å². The number of amides is 1. The summed E-state index contributed by atoms with van der Waals surface area (Å²) in [6, 6.07) is 3.25. The third kappa shape index (κ3) is 6.16. The van der Waals surface area contributed by atoms with Crippen LogP contribution in [0.2, 0.25) is 0 Å². The Bertz CT molecular complexity index is 736. The standard InChI is InChI=1S/C19H21F3N2O3/c1-2-3-4-7-18(26)27-13-17(25)23-15-12-14(19(20,21)22)8-9-16(15)24-10-5-6-11-24/h2-4,7-9,12H,5-6,10-11,13H2,1H3,(H,23,25)/b3-2+,7-4+. The number of alkyl halides is 3. The van der Waals surface area contributed by atoms with Gasteiger partial charge in [0, 0.05) is 19.2 Å². The molecule has 1 N–H and O–H groups in total. The molecular formula is C19H21F3N2O3. The van der Waals surface area contributed by atoms with Gasteiger partial charge in [0.25, 0.3) is 5.91 Å². The van der Waals surface area contributed by atoms with E-state index in [1.54, 1.807) is 19.1 Å². The highest BCUT2D eigenvalue weighted by Crippen LogP contribution is 2.36. The molecule has 0 unspecified atom stereocenters. The van der Waals surface area contributed by atoms with Crippen LogP contribution < -0.4 is 10.2 Å². The zero-order valence-electron chi connectivity index (χ0n) is 14.9. The zero-order chi connectivity index (χ0) is 19.9. The molecule has 146 valence electrons. The lowest BCUT2D eigenvalue weighted by molar-refractivity contribution is -0.142. The van der Waals surface area contributed by atoms with Crippen molar-refractivity contribution in [1.82, 2.24) is 0 Å². The van der Waals surface area contributed by atoms with E-state index < -0.39 is 30.2 Å². The lowest BCUT2D eigenvalue weighted by Crippen LogP contribution is -2.24. The molecule has 1 heterocycles. The van der Waals surface area contributed by atoms with E-state index >= 15 is 0 Å². The average molecular weight is 382 g/mol. The van der Waals surface area contributed by atoms with Crippen molar-refractivity contribution in [3.8, 4) is 0 Å². The number of ether oxygens (including phenoxy) is 1. The first kappa shape index (κ1) is 20.5. The SMILES string of the molecule is C/C=C/C=C/C(=O)OCC(=O)Nc1cc(C(F)(F)F)ccc1N1CCCC1. The van der Waals surface area contributed by atoms with Crippen molar-refractivity contribution < 1.29 is 27.5 Å². The third-order valence-electron chi connectivity index (χ3n) is 3.93. The smallest absolute Gasteiger partial charge is 0.416 e. The van der Waals surface area contributed by atoms with Crippen molar-refractivity contribution in [2.45, 2.75) is 25.9 Å². The number of benzene rings is 1. The summed E-state index contributed by atoms with van der Waals surface area (Å²) < 4.78 is 43.8. The number of carbonyl (C=O) groups is 2. The van der Waals surface area contributed by atoms with E-state index in [2.05, 4.69) is 5.32 Å². The first-order chi connectivity index (χ1) is 12.8. The molecule has 2 rings (SSSR count). The highest BCUT2D eigenvalue weighted by Gasteiger charge is 2.32. The van der Waals surface area contributed by atoms with Gasteiger partial charge < -0.3 is 15.0 Å². The van der Waals surface area contributed by atoms with Gasteiger partial charge in [0.2, 0.25) is 0 Å². The predicted octanol–water partition coefficient (Wildman–Crippen LogP) is 3.92. The molecule has 1 aromatic rings. The van der Waals surface area contributed by atoms with E-state index in [0.29, 0.717) is 18.8 Å². The molecular weight excluding hydrogens is 361 g/mol. The number of halogens is 3. The minimum atomic E-state index is -4.52. The lowest BCUT2D eigenvalue weighted by Gasteiger charge is -2.22. The first-order valence-corrected chi connectivity index (χ1v) is 8.53. The van der Waals surface area contributed by atoms with Crippen molar-refractivity contribution in [2.75, 3.05) is 29.9 Å². The second kappa shape index (κ2) is 9.25. The van der Waals surface area contributed by atoms with E-state index in [4.69, 9.17) is 4.74 Å². The highest BCUT2D eigenvalue weighted by molar-refractivity contribution is 5.96. The van der Waals surface area contributed by atoms with Gasteiger partial charge in [-0.3, -0.25) is 4.79 Å². The van der Waals surface area contributed by atoms with Gasteiger partial charge >= 0.3 is 12.1 Å². The molecule has 0 bridgehead atoms. The Hall–Kier alpha value is -2.77. The third-order valence-corrected chi connectivity index (χ3v) is 3.93. The number of nitrogens with one attached hydrogen (secondary N) is 1.